The molecule has 0 aromatic heterocycles. The molecule has 1 saturated heterocycles. The average molecular weight is 395 g/mol. The molecule has 1 aliphatic carbocycles. The molecule has 0 saturated carbocycles. The van der Waals surface area contributed by atoms with Crippen LogP contribution in [0.4, 0.5) is 0 Å². The zero-order chi connectivity index (χ0) is 20.3. The molecule has 4 rings (SSSR count). The molecule has 29 heavy (non-hydrogen) atoms. The first-order valence-corrected chi connectivity index (χ1v) is 10.9. The summed E-state index contributed by atoms with van der Waals surface area (Å²) in [5.74, 6) is 1.01. The molecule has 2 aromatic rings. The van der Waals surface area contributed by atoms with Crippen LogP contribution in [0.2, 0.25) is 0 Å². The smallest absolute Gasteiger partial charge is 0.217 e. The first-order chi connectivity index (χ1) is 14.1. The summed E-state index contributed by atoms with van der Waals surface area (Å²) < 4.78 is 5.55. The highest BCUT2D eigenvalue weighted by Gasteiger charge is 2.41. The van der Waals surface area contributed by atoms with Crippen molar-refractivity contribution in [1.82, 2.24) is 10.2 Å². The summed E-state index contributed by atoms with van der Waals surface area (Å²) in [4.78, 5) is 14.2. The maximum atomic E-state index is 11.6. The van der Waals surface area contributed by atoms with E-state index in [4.69, 9.17) is 4.74 Å². The van der Waals surface area contributed by atoms with Gasteiger partial charge in [0.25, 0.3) is 0 Å². The number of piperidine rings is 1. The number of amides is 1. The molecule has 1 heterocycles. The van der Waals surface area contributed by atoms with Crippen molar-refractivity contribution < 1.29 is 11.0 Å². The molecule has 2 aromatic carbocycles. The van der Waals surface area contributed by atoms with Crippen LogP contribution in [-0.2, 0) is 16.8 Å². The Morgan fingerprint density at radius 1 is 1.14 bits per heavy atom. The van der Waals surface area contributed by atoms with Gasteiger partial charge in [-0.3, -0.25) is 9.69 Å². The topological polar surface area (TPSA) is 41.6 Å². The molecule has 156 valence electrons. The maximum absolute atomic E-state index is 11.6. The number of nitrogens with one attached hydrogen (secondary N) is 1. The van der Waals surface area contributed by atoms with Crippen LogP contribution in [0.5, 0.6) is 5.75 Å². The minimum Gasteiger partial charge on any atom is -0.494 e. The van der Waals surface area contributed by atoms with Crippen LogP contribution in [0, 0.1) is 0 Å². The molecule has 4 heteroatoms. The third kappa shape index (κ3) is 4.32. The molecular formula is C25H34N2O2. The van der Waals surface area contributed by atoms with Crippen LogP contribution in [0.1, 0.15) is 63.7 Å². The Morgan fingerprint density at radius 3 is 2.55 bits per heavy atom. The fraction of sp³-hybridized carbons (Fsp3) is 0.480. The monoisotopic (exact) mass is 394 g/mol. The van der Waals surface area contributed by atoms with Gasteiger partial charge in [0.1, 0.15) is 5.75 Å². The molecule has 0 bridgehead atoms. The quantitative estimate of drug-likeness (QED) is 0.789. The Kier molecular flexibility index (Phi) is 5.91. The van der Waals surface area contributed by atoms with Crippen LogP contribution >= 0.6 is 0 Å². The average Bonchev–Trinajstić information content (AvgIpc) is 2.73. The van der Waals surface area contributed by atoms with Crippen molar-refractivity contribution in [2.75, 3.05) is 19.7 Å². The molecule has 1 spiro atoms. The van der Waals surface area contributed by atoms with E-state index in [9.17, 15) is 4.79 Å². The van der Waals surface area contributed by atoms with E-state index in [0.717, 1.165) is 38.2 Å². The third-order valence-corrected chi connectivity index (χ3v) is 6.65. The Labute approximate surface area is 175 Å². The van der Waals surface area contributed by atoms with Gasteiger partial charge in [0, 0.05) is 14.9 Å². The number of ether oxygens (including phenoxy) is 1. The van der Waals surface area contributed by atoms with Crippen LogP contribution in [0.15, 0.2) is 48.5 Å². The van der Waals surface area contributed by atoms with Crippen molar-refractivity contribution in [2.45, 2.75) is 57.5 Å². The summed E-state index contributed by atoms with van der Waals surface area (Å²) in [7, 11) is 0. The zero-order valence-corrected chi connectivity index (χ0v) is 17.6. The van der Waals surface area contributed by atoms with E-state index in [1.54, 1.807) is 6.92 Å². The first-order valence-electron chi connectivity index (χ1n) is 10.9. The summed E-state index contributed by atoms with van der Waals surface area (Å²) in [5.41, 5.74) is 4.40. The Morgan fingerprint density at radius 2 is 1.86 bits per heavy atom. The normalized spacial score (nSPS) is 20.8. The summed E-state index contributed by atoms with van der Waals surface area (Å²) in [6, 6.07) is 17.4. The molecule has 0 unspecified atom stereocenters. The van der Waals surface area contributed by atoms with Crippen LogP contribution in [0.25, 0.3) is 0 Å². The number of fused-ring (bicyclic) bond motifs is 2. The molecular weight excluding hydrogens is 360 g/mol. The Hall–Kier alpha value is -2.33. The maximum Gasteiger partial charge on any atom is 0.217 e. The van der Waals surface area contributed by atoms with Gasteiger partial charge in [-0.2, -0.15) is 0 Å². The second-order valence-corrected chi connectivity index (χ2v) is 8.51. The lowest BCUT2D eigenvalue weighted by molar-refractivity contribution is -0.119. The van der Waals surface area contributed by atoms with Crippen molar-refractivity contribution in [3.8, 4) is 5.75 Å². The van der Waals surface area contributed by atoms with Gasteiger partial charge in [0.05, 0.1) is 12.6 Å². The number of hydrogen-bond donors (Lipinski definition) is 1. The molecule has 1 fully saturated rings. The molecule has 1 N–H and O–H groups in total. The van der Waals surface area contributed by atoms with Gasteiger partial charge >= 0.3 is 0 Å². The predicted octanol–water partition coefficient (Wildman–Crippen LogP) is 4.84. The van der Waals surface area contributed by atoms with E-state index in [1.807, 2.05) is 6.92 Å². The van der Waals surface area contributed by atoms with E-state index in [2.05, 4.69) is 58.7 Å². The zero-order valence-electron chi connectivity index (χ0n) is 17.6. The fourth-order valence-corrected chi connectivity index (χ4v) is 5.16. The number of nitrogens with zero attached hydrogens (tertiary/aromatic N) is 1. The standard InChI is InChI=1S/C25H32N2O2.H2/c1-3-29-21-10-8-20(9-11-21)18-27-16-14-25(15-17-27)13-12-24(26-19(2)28)22-6-4-5-7-23(22)25;/h4-11,24H,3,12-18H2,1-2H3,(H,26,28);1H/t24-;/m0./s1. The SMILES string of the molecule is CCOc1ccc(CN2CCC3(CC[C@H](NC(C)=O)c4ccccc43)CC2)cc1.[HH]. The lowest BCUT2D eigenvalue weighted by Crippen LogP contribution is -2.45. The molecule has 4 nitrogen and oxygen atoms in total. The van der Waals surface area contributed by atoms with Crippen molar-refractivity contribution in [3.05, 3.63) is 65.2 Å². The summed E-state index contributed by atoms with van der Waals surface area (Å²) in [6.45, 7) is 7.57. The number of hydrogen-bond acceptors (Lipinski definition) is 3. The van der Waals surface area contributed by atoms with Crippen molar-refractivity contribution in [3.63, 3.8) is 0 Å². The molecule has 1 atom stereocenters. The largest absolute Gasteiger partial charge is 0.494 e. The van der Waals surface area contributed by atoms with Crippen molar-refractivity contribution in [2.24, 2.45) is 0 Å². The summed E-state index contributed by atoms with van der Waals surface area (Å²) in [5, 5.41) is 3.16. The van der Waals surface area contributed by atoms with Gasteiger partial charge in [-0.25, -0.2) is 0 Å². The van der Waals surface area contributed by atoms with Crippen LogP contribution in [-0.4, -0.2) is 30.5 Å². The van der Waals surface area contributed by atoms with Gasteiger partial charge in [-0.15, -0.1) is 0 Å². The molecule has 0 radical (unpaired) electrons. The lowest BCUT2D eigenvalue weighted by atomic mass is 9.63. The van der Waals surface area contributed by atoms with Gasteiger partial charge in [-0.1, -0.05) is 36.4 Å². The number of rotatable bonds is 5. The Balaban J connectivity index is 0.00000256. The van der Waals surface area contributed by atoms with Gasteiger partial charge in [0.15, 0.2) is 0 Å². The first kappa shape index (κ1) is 20.0. The summed E-state index contributed by atoms with van der Waals surface area (Å²) in [6.07, 6.45) is 4.57. The van der Waals surface area contributed by atoms with E-state index in [1.165, 1.54) is 29.5 Å². The number of likely N-dealkylation sites (tertiary alicyclic amines) is 1. The minimum absolute atomic E-state index is 0. The second kappa shape index (κ2) is 8.58. The minimum atomic E-state index is 0. The number of benzene rings is 2. The van der Waals surface area contributed by atoms with E-state index in [-0.39, 0.29) is 18.8 Å². The Bertz CT molecular complexity index is 844. The highest BCUT2D eigenvalue weighted by molar-refractivity contribution is 5.73. The molecule has 1 amide bonds. The van der Waals surface area contributed by atoms with E-state index in [0.29, 0.717) is 6.61 Å². The van der Waals surface area contributed by atoms with E-state index < -0.39 is 0 Å². The predicted molar refractivity (Wildman–Crippen MR) is 118 cm³/mol. The van der Waals surface area contributed by atoms with Gasteiger partial charge in [0.2, 0.25) is 5.91 Å². The van der Waals surface area contributed by atoms with Crippen LogP contribution < -0.4 is 10.1 Å². The van der Waals surface area contributed by atoms with Crippen molar-refractivity contribution in [1.29, 1.82) is 0 Å². The van der Waals surface area contributed by atoms with E-state index >= 15 is 0 Å². The lowest BCUT2D eigenvalue weighted by Gasteiger charge is -2.47. The summed E-state index contributed by atoms with van der Waals surface area (Å²) >= 11 is 0. The number of carbonyl (C=O) groups excluding carboxylic acids is 1. The third-order valence-electron chi connectivity index (χ3n) is 6.65. The molecule has 2 aliphatic rings. The van der Waals surface area contributed by atoms with Gasteiger partial charge < -0.3 is 10.1 Å². The highest BCUT2D eigenvalue weighted by atomic mass is 16.5. The van der Waals surface area contributed by atoms with Crippen molar-refractivity contribution >= 4 is 5.91 Å². The van der Waals surface area contributed by atoms with Gasteiger partial charge in [-0.05, 0) is 79.9 Å². The van der Waals surface area contributed by atoms with Crippen LogP contribution in [0.3, 0.4) is 0 Å². The molecule has 1 aliphatic heterocycles. The highest BCUT2D eigenvalue weighted by Crippen LogP contribution is 2.48. The fourth-order valence-electron chi connectivity index (χ4n) is 5.16. The number of carbonyl (C=O) groups is 1. The second-order valence-electron chi connectivity index (χ2n) is 8.51.